The molecule has 1 aliphatic heterocycles. The quantitative estimate of drug-likeness (QED) is 0.831. The van der Waals surface area contributed by atoms with E-state index in [1.54, 1.807) is 0 Å². The first-order chi connectivity index (χ1) is 9.69. The number of nitrogens with zero attached hydrogens (tertiary/aromatic N) is 1. The third-order valence-electron chi connectivity index (χ3n) is 3.06. The largest absolute Gasteiger partial charge is 0.488 e. The minimum atomic E-state index is -0.537. The Morgan fingerprint density at radius 3 is 3.00 bits per heavy atom. The third-order valence-corrected chi connectivity index (χ3v) is 3.06. The Morgan fingerprint density at radius 2 is 2.35 bits per heavy atom. The fourth-order valence-electron chi connectivity index (χ4n) is 2.01. The molecule has 4 nitrogen and oxygen atoms in total. The second-order valence-electron chi connectivity index (χ2n) is 4.81. The highest BCUT2D eigenvalue weighted by atomic mass is 19.1. The van der Waals surface area contributed by atoms with Gasteiger partial charge in [0.15, 0.2) is 17.9 Å². The molecular weight excluding hydrogens is 261 g/mol. The molecule has 1 aromatic carbocycles. The van der Waals surface area contributed by atoms with Gasteiger partial charge < -0.3 is 14.2 Å². The lowest BCUT2D eigenvalue weighted by molar-refractivity contribution is -0.189. The lowest BCUT2D eigenvalue weighted by Crippen LogP contribution is -2.29. The number of benzene rings is 1. The van der Waals surface area contributed by atoms with Crippen molar-refractivity contribution in [2.45, 2.75) is 38.6 Å². The normalized spacial score (nSPS) is 20.1. The predicted octanol–water partition coefficient (Wildman–Crippen LogP) is 3.01. The van der Waals surface area contributed by atoms with Gasteiger partial charge in [-0.15, -0.1) is 0 Å². The maximum Gasteiger partial charge on any atom is 0.166 e. The van der Waals surface area contributed by atoms with Crippen LogP contribution < -0.4 is 4.74 Å². The Labute approximate surface area is 118 Å². The maximum atomic E-state index is 13.6. The predicted molar refractivity (Wildman–Crippen MR) is 70.7 cm³/mol. The first kappa shape index (κ1) is 14.8. The molecule has 0 saturated carbocycles. The van der Waals surface area contributed by atoms with E-state index in [-0.39, 0.29) is 30.3 Å². The van der Waals surface area contributed by atoms with Crippen LogP contribution in [0.1, 0.15) is 31.7 Å². The van der Waals surface area contributed by atoms with Crippen molar-refractivity contribution >= 4 is 0 Å². The van der Waals surface area contributed by atoms with Gasteiger partial charge in [-0.05, 0) is 44.4 Å². The van der Waals surface area contributed by atoms with Crippen molar-refractivity contribution in [2.24, 2.45) is 0 Å². The van der Waals surface area contributed by atoms with Crippen LogP contribution in [0.15, 0.2) is 18.2 Å². The van der Waals surface area contributed by atoms with Crippen LogP contribution in [0.25, 0.3) is 0 Å². The summed E-state index contributed by atoms with van der Waals surface area (Å²) >= 11 is 0. The number of halogens is 1. The number of hydrogen-bond donors (Lipinski definition) is 0. The van der Waals surface area contributed by atoms with E-state index in [4.69, 9.17) is 19.5 Å². The van der Waals surface area contributed by atoms with E-state index >= 15 is 0 Å². The molecule has 1 heterocycles. The lowest BCUT2D eigenvalue weighted by Gasteiger charge is -2.26. The van der Waals surface area contributed by atoms with Crippen molar-refractivity contribution in [1.29, 1.82) is 5.26 Å². The van der Waals surface area contributed by atoms with E-state index in [9.17, 15) is 4.39 Å². The van der Waals surface area contributed by atoms with Gasteiger partial charge >= 0.3 is 0 Å². The molecule has 1 aromatic rings. The highest BCUT2D eigenvalue weighted by Gasteiger charge is 2.18. The van der Waals surface area contributed by atoms with Gasteiger partial charge in [0.25, 0.3) is 0 Å². The van der Waals surface area contributed by atoms with Gasteiger partial charge in [0.2, 0.25) is 0 Å². The summed E-state index contributed by atoms with van der Waals surface area (Å²) in [5.41, 5.74) is 0.273. The second-order valence-corrected chi connectivity index (χ2v) is 4.81. The topological polar surface area (TPSA) is 51.5 Å². The Balaban J connectivity index is 1.80. The minimum Gasteiger partial charge on any atom is -0.488 e. The molecule has 0 bridgehead atoms. The van der Waals surface area contributed by atoms with E-state index in [0.717, 1.165) is 31.9 Å². The molecular formula is C15H18FNO3. The highest BCUT2D eigenvalue weighted by Crippen LogP contribution is 2.19. The number of rotatable bonds is 5. The van der Waals surface area contributed by atoms with Crippen LogP contribution in [0.2, 0.25) is 0 Å². The summed E-state index contributed by atoms with van der Waals surface area (Å²) in [5.74, 6) is -0.408. The van der Waals surface area contributed by atoms with Crippen molar-refractivity contribution in [1.82, 2.24) is 0 Å². The van der Waals surface area contributed by atoms with Crippen molar-refractivity contribution < 1.29 is 18.6 Å². The van der Waals surface area contributed by atoms with Gasteiger partial charge in [-0.2, -0.15) is 5.26 Å². The zero-order chi connectivity index (χ0) is 14.4. The van der Waals surface area contributed by atoms with Crippen LogP contribution in [0, 0.1) is 17.1 Å². The monoisotopic (exact) mass is 279 g/mol. The third kappa shape index (κ3) is 4.19. The van der Waals surface area contributed by atoms with E-state index in [1.165, 1.54) is 12.1 Å². The molecule has 1 aliphatic rings. The first-order valence-corrected chi connectivity index (χ1v) is 6.78. The summed E-state index contributed by atoms with van der Waals surface area (Å²) in [4.78, 5) is 0. The molecule has 0 amide bonds. The molecule has 0 N–H and O–H groups in total. The lowest BCUT2D eigenvalue weighted by atomic mass is 10.2. The molecule has 1 unspecified atom stereocenters. The van der Waals surface area contributed by atoms with Crippen LogP contribution in [-0.4, -0.2) is 25.6 Å². The zero-order valence-electron chi connectivity index (χ0n) is 11.5. The Morgan fingerprint density at radius 1 is 1.50 bits per heavy atom. The summed E-state index contributed by atoms with van der Waals surface area (Å²) in [6, 6.07) is 6.01. The fourth-order valence-corrected chi connectivity index (χ4v) is 2.01. The van der Waals surface area contributed by atoms with Crippen LogP contribution in [0.5, 0.6) is 5.75 Å². The molecule has 0 radical (unpaired) electrons. The molecule has 2 atom stereocenters. The van der Waals surface area contributed by atoms with Crippen molar-refractivity contribution in [2.75, 3.05) is 13.2 Å². The van der Waals surface area contributed by atoms with Crippen molar-refractivity contribution in [3.05, 3.63) is 29.6 Å². The number of ether oxygens (including phenoxy) is 3. The molecule has 5 heteroatoms. The van der Waals surface area contributed by atoms with Gasteiger partial charge in [0.05, 0.1) is 17.7 Å². The van der Waals surface area contributed by atoms with E-state index < -0.39 is 5.82 Å². The molecule has 20 heavy (non-hydrogen) atoms. The van der Waals surface area contributed by atoms with Crippen LogP contribution in [0.3, 0.4) is 0 Å². The molecule has 2 rings (SSSR count). The van der Waals surface area contributed by atoms with Crippen LogP contribution >= 0.6 is 0 Å². The fraction of sp³-hybridized carbons (Fsp3) is 0.533. The second kappa shape index (κ2) is 7.22. The summed E-state index contributed by atoms with van der Waals surface area (Å²) in [7, 11) is 0. The van der Waals surface area contributed by atoms with Gasteiger partial charge in [-0.25, -0.2) is 4.39 Å². The van der Waals surface area contributed by atoms with Gasteiger partial charge in [0.1, 0.15) is 6.61 Å². The van der Waals surface area contributed by atoms with Crippen LogP contribution in [-0.2, 0) is 9.47 Å². The molecule has 108 valence electrons. The SMILES string of the molecule is C[C@@H](COc1ccc(C#N)cc1F)OC1CCCCO1. The van der Waals surface area contributed by atoms with E-state index in [2.05, 4.69) is 0 Å². The van der Waals surface area contributed by atoms with Gasteiger partial charge in [-0.3, -0.25) is 0 Å². The number of nitriles is 1. The summed E-state index contributed by atoms with van der Waals surface area (Å²) in [6.45, 7) is 2.82. The maximum absolute atomic E-state index is 13.6. The number of hydrogen-bond acceptors (Lipinski definition) is 4. The highest BCUT2D eigenvalue weighted by molar-refractivity contribution is 5.35. The van der Waals surface area contributed by atoms with Crippen molar-refractivity contribution in [3.63, 3.8) is 0 Å². The smallest absolute Gasteiger partial charge is 0.166 e. The van der Waals surface area contributed by atoms with Gasteiger partial charge in [-0.1, -0.05) is 0 Å². The minimum absolute atomic E-state index is 0.129. The average molecular weight is 279 g/mol. The average Bonchev–Trinajstić information content (AvgIpc) is 2.47. The zero-order valence-corrected chi connectivity index (χ0v) is 11.5. The van der Waals surface area contributed by atoms with Crippen molar-refractivity contribution in [3.8, 4) is 11.8 Å². The summed E-state index contributed by atoms with van der Waals surface area (Å²) in [5, 5.41) is 8.66. The Hall–Kier alpha value is -1.64. The molecule has 0 aliphatic carbocycles. The Kier molecular flexibility index (Phi) is 5.33. The summed E-state index contributed by atoms with van der Waals surface area (Å²) in [6.07, 6.45) is 2.68. The molecule has 1 fully saturated rings. The Bertz CT molecular complexity index is 480. The molecule has 0 spiro atoms. The summed E-state index contributed by atoms with van der Waals surface area (Å²) < 4.78 is 30.1. The van der Waals surface area contributed by atoms with E-state index in [1.807, 2.05) is 13.0 Å². The van der Waals surface area contributed by atoms with E-state index in [0.29, 0.717) is 0 Å². The molecule has 0 aromatic heterocycles. The molecule has 1 saturated heterocycles. The van der Waals surface area contributed by atoms with Gasteiger partial charge in [0, 0.05) is 6.61 Å². The van der Waals surface area contributed by atoms with Crippen LogP contribution in [0.4, 0.5) is 4.39 Å². The first-order valence-electron chi connectivity index (χ1n) is 6.78. The standard InChI is InChI=1S/C15H18FNO3/c1-11(20-15-4-2-3-7-18-15)10-19-14-6-5-12(9-17)8-13(14)16/h5-6,8,11,15H,2-4,7,10H2,1H3/t11-,15?/m0/s1.